The summed E-state index contributed by atoms with van der Waals surface area (Å²) in [5, 5.41) is 0.910. The van der Waals surface area contributed by atoms with Crippen molar-refractivity contribution >= 4 is 16.9 Å². The van der Waals surface area contributed by atoms with Gasteiger partial charge in [0, 0.05) is 24.0 Å². The van der Waals surface area contributed by atoms with Gasteiger partial charge in [-0.3, -0.25) is 4.79 Å². The van der Waals surface area contributed by atoms with Gasteiger partial charge in [0.15, 0.2) is 5.76 Å². The van der Waals surface area contributed by atoms with Crippen LogP contribution in [0.25, 0.3) is 11.0 Å². The van der Waals surface area contributed by atoms with Gasteiger partial charge < -0.3 is 18.8 Å². The Balaban J connectivity index is 1.66. The van der Waals surface area contributed by atoms with Gasteiger partial charge in [-0.25, -0.2) is 0 Å². The molecule has 1 aliphatic rings. The number of para-hydroxylation sites is 2. The molecule has 1 amide bonds. The first kappa shape index (κ1) is 16.7. The summed E-state index contributed by atoms with van der Waals surface area (Å²) < 4.78 is 17.4. The van der Waals surface area contributed by atoms with Crippen LogP contribution < -0.4 is 4.74 Å². The largest absolute Gasteiger partial charge is 0.489 e. The number of carbonyl (C=O) groups excluding carboxylic acids is 1. The number of hydrogen-bond donors (Lipinski definition) is 0. The minimum absolute atomic E-state index is 0.0288. The van der Waals surface area contributed by atoms with Crippen LogP contribution in [0.3, 0.4) is 0 Å². The number of ether oxygens (including phenoxy) is 2. The number of benzene rings is 2. The zero-order chi connectivity index (χ0) is 17.9. The van der Waals surface area contributed by atoms with Crippen LogP contribution in [0.2, 0.25) is 0 Å². The zero-order valence-corrected chi connectivity index (χ0v) is 14.7. The van der Waals surface area contributed by atoms with Gasteiger partial charge in [0.1, 0.15) is 17.9 Å². The second-order valence-corrected chi connectivity index (χ2v) is 6.44. The van der Waals surface area contributed by atoms with Gasteiger partial charge in [0.25, 0.3) is 5.91 Å². The molecule has 1 aromatic heterocycles. The van der Waals surface area contributed by atoms with E-state index in [-0.39, 0.29) is 18.6 Å². The predicted octanol–water partition coefficient (Wildman–Crippen LogP) is 3.87. The molecule has 26 heavy (non-hydrogen) atoms. The Bertz CT molecular complexity index is 903. The summed E-state index contributed by atoms with van der Waals surface area (Å²) in [6, 6.07) is 17.2. The van der Waals surface area contributed by atoms with E-state index < -0.39 is 0 Å². The van der Waals surface area contributed by atoms with Gasteiger partial charge in [0.05, 0.1) is 12.7 Å². The average molecular weight is 351 g/mol. The summed E-state index contributed by atoms with van der Waals surface area (Å²) in [6.07, 6.45) is 0.0288. The Hall–Kier alpha value is -2.79. The molecule has 4 rings (SSSR count). The molecule has 0 saturated carbocycles. The Morgan fingerprint density at radius 2 is 1.92 bits per heavy atom. The molecule has 3 aromatic rings. The molecule has 0 bridgehead atoms. The molecule has 5 nitrogen and oxygen atoms in total. The third kappa shape index (κ3) is 3.30. The van der Waals surface area contributed by atoms with Gasteiger partial charge in [0.2, 0.25) is 0 Å². The van der Waals surface area contributed by atoms with Crippen molar-refractivity contribution in [3.05, 3.63) is 65.9 Å². The first-order valence-corrected chi connectivity index (χ1v) is 8.81. The highest BCUT2D eigenvalue weighted by atomic mass is 16.5. The molecule has 2 heterocycles. The standard InChI is InChI=1S/C21H21NO4/c1-15-13-22(11-12-24-15)21(23)20-18(14-25-16-7-3-2-4-8-16)17-9-5-6-10-19(17)26-20/h2-10,15H,11-14H2,1H3. The average Bonchev–Trinajstić information content (AvgIpc) is 3.05. The van der Waals surface area contributed by atoms with Gasteiger partial charge in [-0.1, -0.05) is 36.4 Å². The summed E-state index contributed by atoms with van der Waals surface area (Å²) in [5.41, 5.74) is 1.48. The lowest BCUT2D eigenvalue weighted by Gasteiger charge is -2.30. The monoisotopic (exact) mass is 351 g/mol. The second-order valence-electron chi connectivity index (χ2n) is 6.44. The fourth-order valence-corrected chi connectivity index (χ4v) is 3.23. The number of amides is 1. The molecular weight excluding hydrogens is 330 g/mol. The number of fused-ring (bicyclic) bond motifs is 1. The van der Waals surface area contributed by atoms with Crippen LogP contribution >= 0.6 is 0 Å². The van der Waals surface area contributed by atoms with Crippen molar-refractivity contribution in [2.24, 2.45) is 0 Å². The van der Waals surface area contributed by atoms with Gasteiger partial charge in [-0.2, -0.15) is 0 Å². The molecule has 5 heteroatoms. The molecule has 1 aliphatic heterocycles. The maximum atomic E-state index is 13.1. The summed E-state index contributed by atoms with van der Waals surface area (Å²) >= 11 is 0. The molecule has 0 aliphatic carbocycles. The number of morpholine rings is 1. The molecule has 0 spiro atoms. The molecule has 1 saturated heterocycles. The molecule has 1 fully saturated rings. The summed E-state index contributed by atoms with van der Waals surface area (Å²) in [6.45, 7) is 3.93. The first-order chi connectivity index (χ1) is 12.7. The van der Waals surface area contributed by atoms with E-state index in [9.17, 15) is 4.79 Å². The first-order valence-electron chi connectivity index (χ1n) is 8.81. The van der Waals surface area contributed by atoms with E-state index in [1.54, 1.807) is 4.90 Å². The fraction of sp³-hybridized carbons (Fsp3) is 0.286. The van der Waals surface area contributed by atoms with E-state index in [4.69, 9.17) is 13.9 Å². The zero-order valence-electron chi connectivity index (χ0n) is 14.7. The number of rotatable bonds is 4. The van der Waals surface area contributed by atoms with E-state index in [2.05, 4.69) is 0 Å². The molecule has 134 valence electrons. The number of nitrogens with zero attached hydrogens (tertiary/aromatic N) is 1. The number of furan rings is 1. The van der Waals surface area contributed by atoms with Crippen molar-refractivity contribution in [2.45, 2.75) is 19.6 Å². The number of hydrogen-bond acceptors (Lipinski definition) is 4. The van der Waals surface area contributed by atoms with E-state index >= 15 is 0 Å². The van der Waals surface area contributed by atoms with Gasteiger partial charge in [-0.15, -0.1) is 0 Å². The predicted molar refractivity (Wildman–Crippen MR) is 98.3 cm³/mol. The van der Waals surface area contributed by atoms with Crippen molar-refractivity contribution in [3.63, 3.8) is 0 Å². The summed E-state index contributed by atoms with van der Waals surface area (Å²) in [4.78, 5) is 14.9. The fourth-order valence-electron chi connectivity index (χ4n) is 3.23. The van der Waals surface area contributed by atoms with Crippen LogP contribution in [0.15, 0.2) is 59.0 Å². The molecule has 0 N–H and O–H groups in total. The Morgan fingerprint density at radius 1 is 1.15 bits per heavy atom. The van der Waals surface area contributed by atoms with E-state index in [1.165, 1.54) is 0 Å². The van der Waals surface area contributed by atoms with E-state index in [0.29, 0.717) is 31.0 Å². The maximum absolute atomic E-state index is 13.1. The normalized spacial score (nSPS) is 17.4. The van der Waals surface area contributed by atoms with Crippen LogP contribution in [0.5, 0.6) is 5.75 Å². The molecule has 1 unspecified atom stereocenters. The topological polar surface area (TPSA) is 51.9 Å². The quantitative estimate of drug-likeness (QED) is 0.716. The summed E-state index contributed by atoms with van der Waals surface area (Å²) in [5.74, 6) is 1.01. The highest BCUT2D eigenvalue weighted by Gasteiger charge is 2.28. The Kier molecular flexibility index (Phi) is 4.63. The van der Waals surface area contributed by atoms with Crippen LogP contribution in [-0.2, 0) is 11.3 Å². The van der Waals surface area contributed by atoms with Crippen LogP contribution in [0.4, 0.5) is 0 Å². The molecular formula is C21H21NO4. The molecule has 0 radical (unpaired) electrons. The van der Waals surface area contributed by atoms with E-state index in [1.807, 2.05) is 61.5 Å². The molecule has 2 aromatic carbocycles. The van der Waals surface area contributed by atoms with Crippen molar-refractivity contribution in [2.75, 3.05) is 19.7 Å². The van der Waals surface area contributed by atoms with Gasteiger partial charge >= 0.3 is 0 Å². The lowest BCUT2D eigenvalue weighted by atomic mass is 10.1. The van der Waals surface area contributed by atoms with E-state index in [0.717, 1.165) is 16.7 Å². The summed E-state index contributed by atoms with van der Waals surface area (Å²) in [7, 11) is 0. The lowest BCUT2D eigenvalue weighted by molar-refractivity contribution is -0.0135. The smallest absolute Gasteiger partial charge is 0.290 e. The minimum Gasteiger partial charge on any atom is -0.489 e. The highest BCUT2D eigenvalue weighted by Crippen LogP contribution is 2.28. The SMILES string of the molecule is CC1CN(C(=O)c2oc3ccccc3c2COc2ccccc2)CCO1. The van der Waals surface area contributed by atoms with Crippen molar-refractivity contribution in [1.82, 2.24) is 4.90 Å². The van der Waals surface area contributed by atoms with Crippen molar-refractivity contribution in [1.29, 1.82) is 0 Å². The van der Waals surface area contributed by atoms with Crippen molar-refractivity contribution in [3.8, 4) is 5.75 Å². The third-order valence-corrected chi connectivity index (χ3v) is 4.55. The van der Waals surface area contributed by atoms with Crippen LogP contribution in [0.1, 0.15) is 23.0 Å². The third-order valence-electron chi connectivity index (χ3n) is 4.55. The minimum atomic E-state index is -0.108. The Labute approximate surface area is 152 Å². The Morgan fingerprint density at radius 3 is 2.73 bits per heavy atom. The van der Waals surface area contributed by atoms with Gasteiger partial charge in [-0.05, 0) is 25.1 Å². The number of carbonyl (C=O) groups is 1. The lowest BCUT2D eigenvalue weighted by Crippen LogP contribution is -2.44. The maximum Gasteiger partial charge on any atom is 0.290 e. The van der Waals surface area contributed by atoms with Crippen molar-refractivity contribution < 1.29 is 18.7 Å². The van der Waals surface area contributed by atoms with Crippen LogP contribution in [0, 0.1) is 0 Å². The highest BCUT2D eigenvalue weighted by molar-refractivity contribution is 5.99. The van der Waals surface area contributed by atoms with Crippen LogP contribution in [-0.4, -0.2) is 36.6 Å². The second kappa shape index (κ2) is 7.22. The molecule has 1 atom stereocenters.